The van der Waals surface area contributed by atoms with Gasteiger partial charge >= 0.3 is 5.97 Å². The van der Waals surface area contributed by atoms with Crippen molar-refractivity contribution in [2.24, 2.45) is 0 Å². The number of methoxy groups -OCH3 is 2. The van der Waals surface area contributed by atoms with Crippen LogP contribution in [0.15, 0.2) is 0 Å². The number of hydrogen-bond donors (Lipinski definition) is 1. The topological polar surface area (TPSA) is 72.8 Å². The van der Waals surface area contributed by atoms with Crippen molar-refractivity contribution in [1.29, 1.82) is 0 Å². The zero-order valence-electron chi connectivity index (χ0n) is 12.0. The molecular weight excluding hydrogens is 248 g/mol. The van der Waals surface area contributed by atoms with Gasteiger partial charge in [0.25, 0.3) is 0 Å². The molecule has 0 aromatic carbocycles. The van der Waals surface area contributed by atoms with E-state index in [1.807, 2.05) is 0 Å². The van der Waals surface area contributed by atoms with Crippen LogP contribution in [0, 0.1) is 0 Å². The van der Waals surface area contributed by atoms with Crippen molar-refractivity contribution in [3.63, 3.8) is 0 Å². The maximum absolute atomic E-state index is 11.6. The Hall–Kier alpha value is -0.940. The van der Waals surface area contributed by atoms with E-state index in [0.717, 1.165) is 32.1 Å². The van der Waals surface area contributed by atoms with Crippen LogP contribution in [0.5, 0.6) is 0 Å². The average molecular weight is 274 g/mol. The Morgan fingerprint density at radius 3 is 1.95 bits per heavy atom. The second-order valence-corrected chi connectivity index (χ2v) is 4.64. The molecule has 0 rings (SSSR count). The number of rotatable bonds is 13. The number of carboxylic acids is 1. The Kier molecular flexibility index (Phi) is 11.5. The van der Waals surface area contributed by atoms with Crippen LogP contribution in [0.3, 0.4) is 0 Å². The molecule has 0 saturated heterocycles. The molecule has 0 aromatic heterocycles. The molecule has 5 nitrogen and oxygen atoms in total. The summed E-state index contributed by atoms with van der Waals surface area (Å²) in [7, 11) is 3.13. The molecule has 0 aliphatic heterocycles. The number of ether oxygens (including phenoxy) is 2. The summed E-state index contributed by atoms with van der Waals surface area (Å²) < 4.78 is 10.0. The van der Waals surface area contributed by atoms with Gasteiger partial charge in [0.2, 0.25) is 0 Å². The molecule has 0 heterocycles. The monoisotopic (exact) mass is 274 g/mol. The Morgan fingerprint density at radius 2 is 1.42 bits per heavy atom. The lowest BCUT2D eigenvalue weighted by atomic mass is 10.1. The van der Waals surface area contributed by atoms with Gasteiger partial charge in [0.15, 0.2) is 6.29 Å². The Morgan fingerprint density at radius 1 is 0.895 bits per heavy atom. The van der Waals surface area contributed by atoms with Crippen LogP contribution in [0.1, 0.15) is 57.8 Å². The van der Waals surface area contributed by atoms with E-state index in [1.54, 1.807) is 14.2 Å². The molecule has 0 saturated carbocycles. The predicted molar refractivity (Wildman–Crippen MR) is 72.0 cm³/mol. The molecule has 0 atom stereocenters. The summed E-state index contributed by atoms with van der Waals surface area (Å²) >= 11 is 0. The van der Waals surface area contributed by atoms with E-state index >= 15 is 0 Å². The number of ketones is 1. The largest absolute Gasteiger partial charge is 0.481 e. The minimum Gasteiger partial charge on any atom is -0.481 e. The molecule has 0 aliphatic carbocycles. The second-order valence-electron chi connectivity index (χ2n) is 4.64. The van der Waals surface area contributed by atoms with Crippen molar-refractivity contribution in [3.05, 3.63) is 0 Å². The molecular formula is C14H26O5. The van der Waals surface area contributed by atoms with Gasteiger partial charge in [0, 0.05) is 39.9 Å². The normalized spacial score (nSPS) is 10.9. The molecule has 5 heteroatoms. The van der Waals surface area contributed by atoms with Crippen molar-refractivity contribution in [2.45, 2.75) is 64.1 Å². The van der Waals surface area contributed by atoms with Gasteiger partial charge in [-0.3, -0.25) is 9.59 Å². The molecule has 19 heavy (non-hydrogen) atoms. The fourth-order valence-corrected chi connectivity index (χ4v) is 1.86. The summed E-state index contributed by atoms with van der Waals surface area (Å²) in [6, 6.07) is 0. The summed E-state index contributed by atoms with van der Waals surface area (Å²) in [6.07, 6.45) is 6.17. The first-order valence-corrected chi connectivity index (χ1v) is 6.89. The van der Waals surface area contributed by atoms with E-state index in [1.165, 1.54) is 0 Å². The number of carboxylic acid groups (broad SMARTS) is 1. The molecule has 0 spiro atoms. The average Bonchev–Trinajstić information content (AvgIpc) is 2.38. The van der Waals surface area contributed by atoms with Crippen LogP contribution in [0.2, 0.25) is 0 Å². The number of carbonyl (C=O) groups is 2. The van der Waals surface area contributed by atoms with Gasteiger partial charge in [-0.2, -0.15) is 0 Å². The maximum atomic E-state index is 11.6. The van der Waals surface area contributed by atoms with Crippen LogP contribution in [-0.2, 0) is 19.1 Å². The van der Waals surface area contributed by atoms with Gasteiger partial charge in [0.1, 0.15) is 5.78 Å². The van der Waals surface area contributed by atoms with Crippen molar-refractivity contribution in [1.82, 2.24) is 0 Å². The first-order valence-electron chi connectivity index (χ1n) is 6.89. The second kappa shape index (κ2) is 12.1. The van der Waals surface area contributed by atoms with Crippen LogP contribution in [0.25, 0.3) is 0 Å². The van der Waals surface area contributed by atoms with Crippen LogP contribution in [0.4, 0.5) is 0 Å². The minimum absolute atomic E-state index is 0.240. The van der Waals surface area contributed by atoms with Crippen LogP contribution in [-0.4, -0.2) is 37.4 Å². The SMILES string of the molecule is COC(CCC(=O)CCCCCCCC(=O)O)OC. The molecule has 0 fully saturated rings. The lowest BCUT2D eigenvalue weighted by Gasteiger charge is -2.12. The zero-order valence-corrected chi connectivity index (χ0v) is 12.0. The highest BCUT2D eigenvalue weighted by Gasteiger charge is 2.08. The third-order valence-electron chi connectivity index (χ3n) is 3.03. The van der Waals surface area contributed by atoms with Crippen molar-refractivity contribution >= 4 is 11.8 Å². The number of Topliss-reactive ketones (excluding diaryl/α,β-unsaturated/α-hetero) is 1. The van der Waals surface area contributed by atoms with Gasteiger partial charge < -0.3 is 14.6 Å². The third kappa shape index (κ3) is 11.9. The molecule has 0 aromatic rings. The van der Waals surface area contributed by atoms with Crippen molar-refractivity contribution in [2.75, 3.05) is 14.2 Å². The highest BCUT2D eigenvalue weighted by Crippen LogP contribution is 2.10. The summed E-state index contributed by atoms with van der Waals surface area (Å²) in [6.45, 7) is 0. The predicted octanol–water partition coefficient (Wildman–Crippen LogP) is 2.77. The smallest absolute Gasteiger partial charge is 0.303 e. The molecule has 0 unspecified atom stereocenters. The first-order chi connectivity index (χ1) is 9.10. The fourth-order valence-electron chi connectivity index (χ4n) is 1.86. The molecule has 0 radical (unpaired) electrons. The van der Waals surface area contributed by atoms with Gasteiger partial charge in [-0.25, -0.2) is 0 Å². The number of carbonyl (C=O) groups excluding carboxylic acids is 1. The number of aliphatic carboxylic acids is 1. The van der Waals surface area contributed by atoms with Crippen LogP contribution >= 0.6 is 0 Å². The maximum Gasteiger partial charge on any atom is 0.303 e. The van der Waals surface area contributed by atoms with E-state index in [9.17, 15) is 9.59 Å². The minimum atomic E-state index is -0.735. The molecule has 0 amide bonds. The molecule has 112 valence electrons. The summed E-state index contributed by atoms with van der Waals surface area (Å²) in [5.41, 5.74) is 0. The van der Waals surface area contributed by atoms with Gasteiger partial charge in [-0.15, -0.1) is 0 Å². The standard InChI is InChI=1S/C14H26O5/c1-18-14(19-2)11-10-12(15)8-6-4-3-5-7-9-13(16)17/h14H,3-11H2,1-2H3,(H,16,17). The number of hydrogen-bond acceptors (Lipinski definition) is 4. The highest BCUT2D eigenvalue weighted by molar-refractivity contribution is 5.78. The third-order valence-corrected chi connectivity index (χ3v) is 3.03. The Labute approximate surface area is 115 Å². The summed E-state index contributed by atoms with van der Waals surface area (Å²) in [5, 5.41) is 8.47. The first kappa shape index (κ1) is 18.1. The van der Waals surface area contributed by atoms with Gasteiger partial charge in [-0.05, 0) is 12.8 Å². The van der Waals surface area contributed by atoms with Crippen LogP contribution < -0.4 is 0 Å². The molecule has 0 bridgehead atoms. The van der Waals surface area contributed by atoms with E-state index < -0.39 is 5.97 Å². The highest BCUT2D eigenvalue weighted by atomic mass is 16.7. The quantitative estimate of drug-likeness (QED) is 0.413. The summed E-state index contributed by atoms with van der Waals surface area (Å²) in [5.74, 6) is -0.495. The van der Waals surface area contributed by atoms with E-state index in [0.29, 0.717) is 19.3 Å². The summed E-state index contributed by atoms with van der Waals surface area (Å²) in [4.78, 5) is 21.9. The van der Waals surface area contributed by atoms with Crippen molar-refractivity contribution < 1.29 is 24.2 Å². The Balaban J connectivity index is 3.36. The lowest BCUT2D eigenvalue weighted by molar-refractivity contribution is -0.137. The van der Waals surface area contributed by atoms with Crippen molar-refractivity contribution in [3.8, 4) is 0 Å². The van der Waals surface area contributed by atoms with Gasteiger partial charge in [0.05, 0.1) is 0 Å². The van der Waals surface area contributed by atoms with E-state index in [4.69, 9.17) is 14.6 Å². The molecule has 1 N–H and O–H groups in total. The molecule has 0 aliphatic rings. The van der Waals surface area contributed by atoms with E-state index in [-0.39, 0.29) is 18.5 Å². The number of unbranched alkanes of at least 4 members (excludes halogenated alkanes) is 4. The lowest BCUT2D eigenvalue weighted by Crippen LogP contribution is -2.14. The Bertz CT molecular complexity index is 248. The zero-order chi connectivity index (χ0) is 14.5. The fraction of sp³-hybridized carbons (Fsp3) is 0.857. The van der Waals surface area contributed by atoms with Gasteiger partial charge in [-0.1, -0.05) is 19.3 Å². The van der Waals surface area contributed by atoms with E-state index in [2.05, 4.69) is 0 Å².